The van der Waals surface area contributed by atoms with E-state index in [0.29, 0.717) is 0 Å². The summed E-state index contributed by atoms with van der Waals surface area (Å²) in [6.45, 7) is -0.557. The van der Waals surface area contributed by atoms with Crippen LogP contribution in [-0.4, -0.2) is 67.2 Å². The molecule has 1 heterocycles. The van der Waals surface area contributed by atoms with E-state index in [2.05, 4.69) is 0 Å². The minimum absolute atomic E-state index is 0.125. The molecule has 0 bridgehead atoms. The van der Waals surface area contributed by atoms with Crippen molar-refractivity contribution in [2.45, 2.75) is 30.7 Å². The lowest BCUT2D eigenvalue weighted by Gasteiger charge is -2.43. The highest BCUT2D eigenvalue weighted by Gasteiger charge is 2.54. The van der Waals surface area contributed by atoms with Gasteiger partial charge in [0.05, 0.1) is 27.8 Å². The Hall–Kier alpha value is -6.59. The van der Waals surface area contributed by atoms with Crippen molar-refractivity contribution in [1.29, 1.82) is 0 Å². The third kappa shape index (κ3) is 8.76. The molecule has 0 aliphatic carbocycles. The smallest absolute Gasteiger partial charge is 0.340 e. The van der Waals surface area contributed by atoms with Crippen molar-refractivity contribution in [3.05, 3.63) is 179 Å². The Balaban J connectivity index is 1.41. The molecule has 1 fully saturated rings. The van der Waals surface area contributed by atoms with E-state index in [4.69, 9.17) is 28.4 Å². The number of rotatable bonds is 11. The number of hydrogen-bond donors (Lipinski definition) is 0. The fourth-order valence-electron chi connectivity index (χ4n) is 5.37. The normalized spacial score (nSPS) is 19.3. The predicted octanol–water partition coefficient (Wildman–Crippen LogP) is 6.10. The van der Waals surface area contributed by atoms with Crippen LogP contribution in [0.3, 0.4) is 0 Å². The minimum atomic E-state index is -1.75. The maximum absolute atomic E-state index is 13.7. The van der Waals surface area contributed by atoms with Gasteiger partial charge in [0.25, 0.3) is 0 Å². The Labute approximate surface area is 298 Å². The van der Waals surface area contributed by atoms with Crippen LogP contribution in [-0.2, 0) is 28.4 Å². The Morgan fingerprint density at radius 2 is 0.692 bits per heavy atom. The van der Waals surface area contributed by atoms with Gasteiger partial charge < -0.3 is 28.4 Å². The SMILES string of the molecule is O=C(OC[C@H]1O[C@@H](OC(=O)c2ccccc2)[C@@H](OC(=O)c2ccccc2)[C@@H](OC(=O)c2ccccc2)[C@@H]1OC(=O)c1ccccc1)c1ccccc1. The maximum Gasteiger partial charge on any atom is 0.340 e. The lowest BCUT2D eigenvalue weighted by atomic mass is 9.97. The second kappa shape index (κ2) is 16.9. The molecule has 11 heteroatoms. The molecule has 1 aliphatic heterocycles. The summed E-state index contributed by atoms with van der Waals surface area (Å²) in [4.78, 5) is 67.4. The molecule has 0 aromatic heterocycles. The molecule has 0 spiro atoms. The van der Waals surface area contributed by atoms with Crippen LogP contribution in [0.1, 0.15) is 51.8 Å². The van der Waals surface area contributed by atoms with Gasteiger partial charge in [-0.25, -0.2) is 24.0 Å². The first-order valence-corrected chi connectivity index (χ1v) is 16.3. The third-order valence-corrected chi connectivity index (χ3v) is 7.97. The van der Waals surface area contributed by atoms with Crippen molar-refractivity contribution < 1.29 is 52.4 Å². The standard InChI is InChI=1S/C41H32O11/c42-36(27-16-6-1-7-17-27)47-26-32-33(49-37(43)28-18-8-2-9-19-28)34(50-38(44)29-20-10-3-11-21-29)35(51-39(45)30-22-12-4-13-23-30)41(48-32)52-40(46)31-24-14-5-15-25-31/h1-25,32-35,41H,26H2/t32-,33-,34+,35+,41+/m1/s1. The van der Waals surface area contributed by atoms with Crippen LogP contribution < -0.4 is 0 Å². The molecule has 11 nitrogen and oxygen atoms in total. The molecule has 5 aromatic rings. The first-order chi connectivity index (χ1) is 25.4. The summed E-state index contributed by atoms with van der Waals surface area (Å²) in [5, 5.41) is 0. The molecule has 0 unspecified atom stereocenters. The first-order valence-electron chi connectivity index (χ1n) is 16.3. The van der Waals surface area contributed by atoms with Crippen LogP contribution >= 0.6 is 0 Å². The zero-order valence-corrected chi connectivity index (χ0v) is 27.5. The van der Waals surface area contributed by atoms with Gasteiger partial charge in [0, 0.05) is 0 Å². The summed E-state index contributed by atoms with van der Waals surface area (Å²) in [6.07, 6.45) is -8.07. The minimum Gasteiger partial charge on any atom is -0.459 e. The summed E-state index contributed by atoms with van der Waals surface area (Å²) in [5.74, 6) is -4.19. The molecule has 6 rings (SSSR count). The highest BCUT2D eigenvalue weighted by Crippen LogP contribution is 2.32. The van der Waals surface area contributed by atoms with E-state index in [9.17, 15) is 24.0 Å². The molecule has 1 saturated heterocycles. The van der Waals surface area contributed by atoms with Gasteiger partial charge in [-0.05, 0) is 60.7 Å². The number of benzene rings is 5. The molecule has 0 amide bonds. The zero-order valence-electron chi connectivity index (χ0n) is 27.5. The van der Waals surface area contributed by atoms with Crippen molar-refractivity contribution in [3.63, 3.8) is 0 Å². The van der Waals surface area contributed by atoms with E-state index in [1.165, 1.54) is 48.5 Å². The van der Waals surface area contributed by atoms with Crippen molar-refractivity contribution in [1.82, 2.24) is 0 Å². The van der Waals surface area contributed by atoms with Crippen LogP contribution in [0.2, 0.25) is 0 Å². The fraction of sp³-hybridized carbons (Fsp3) is 0.146. The van der Waals surface area contributed by atoms with E-state index in [-0.39, 0.29) is 27.8 Å². The Morgan fingerprint density at radius 1 is 0.385 bits per heavy atom. The predicted molar refractivity (Wildman–Crippen MR) is 184 cm³/mol. The average molecular weight is 701 g/mol. The van der Waals surface area contributed by atoms with Gasteiger partial charge in [0.15, 0.2) is 12.2 Å². The second-order valence-corrected chi connectivity index (χ2v) is 11.5. The monoisotopic (exact) mass is 700 g/mol. The summed E-state index contributed by atoms with van der Waals surface area (Å²) >= 11 is 0. The number of hydrogen-bond acceptors (Lipinski definition) is 11. The third-order valence-electron chi connectivity index (χ3n) is 7.97. The van der Waals surface area contributed by atoms with E-state index in [1.807, 2.05) is 0 Å². The number of esters is 5. The van der Waals surface area contributed by atoms with Crippen molar-refractivity contribution in [2.24, 2.45) is 0 Å². The Kier molecular flexibility index (Phi) is 11.4. The van der Waals surface area contributed by atoms with Crippen molar-refractivity contribution in [2.75, 3.05) is 6.61 Å². The van der Waals surface area contributed by atoms with Crippen LogP contribution in [0, 0.1) is 0 Å². The zero-order chi connectivity index (χ0) is 36.3. The van der Waals surface area contributed by atoms with E-state index >= 15 is 0 Å². The molecule has 52 heavy (non-hydrogen) atoms. The average Bonchev–Trinajstić information content (AvgIpc) is 3.20. The van der Waals surface area contributed by atoms with Gasteiger partial charge in [-0.15, -0.1) is 0 Å². The van der Waals surface area contributed by atoms with Crippen molar-refractivity contribution in [3.8, 4) is 0 Å². The van der Waals surface area contributed by atoms with E-state index in [0.717, 1.165) is 0 Å². The van der Waals surface area contributed by atoms with E-state index < -0.39 is 67.2 Å². The van der Waals surface area contributed by atoms with Crippen LogP contribution in [0.15, 0.2) is 152 Å². The van der Waals surface area contributed by atoms with Gasteiger partial charge in [-0.2, -0.15) is 0 Å². The van der Waals surface area contributed by atoms with Crippen LogP contribution in [0.25, 0.3) is 0 Å². The Bertz CT molecular complexity index is 1970. The van der Waals surface area contributed by atoms with Crippen LogP contribution in [0.5, 0.6) is 0 Å². The van der Waals surface area contributed by atoms with Gasteiger partial charge in [0.2, 0.25) is 12.4 Å². The number of ether oxygens (including phenoxy) is 6. The largest absolute Gasteiger partial charge is 0.459 e. The van der Waals surface area contributed by atoms with Gasteiger partial charge in [-0.3, -0.25) is 0 Å². The molecular formula is C41H32O11. The molecule has 5 atom stereocenters. The molecule has 0 saturated carbocycles. The molecule has 0 N–H and O–H groups in total. The molecule has 1 aliphatic rings. The quantitative estimate of drug-likeness (QED) is 0.117. The number of carbonyl (C=O) groups excluding carboxylic acids is 5. The lowest BCUT2D eigenvalue weighted by Crippen LogP contribution is -2.63. The molecular weight excluding hydrogens is 668 g/mol. The number of carbonyl (C=O) groups is 5. The fourth-order valence-corrected chi connectivity index (χ4v) is 5.37. The summed E-state index contributed by atoms with van der Waals surface area (Å²) < 4.78 is 35.5. The maximum atomic E-state index is 13.7. The molecule has 0 radical (unpaired) electrons. The highest BCUT2D eigenvalue weighted by molar-refractivity contribution is 5.92. The highest BCUT2D eigenvalue weighted by atomic mass is 16.7. The first kappa shape index (κ1) is 35.2. The van der Waals surface area contributed by atoms with Crippen LogP contribution in [0.4, 0.5) is 0 Å². The molecule has 262 valence electrons. The lowest BCUT2D eigenvalue weighted by molar-refractivity contribution is -0.282. The van der Waals surface area contributed by atoms with Crippen molar-refractivity contribution >= 4 is 29.8 Å². The summed E-state index contributed by atoms with van der Waals surface area (Å²) in [7, 11) is 0. The summed E-state index contributed by atoms with van der Waals surface area (Å²) in [6, 6.07) is 40.0. The van der Waals surface area contributed by atoms with Gasteiger partial charge >= 0.3 is 29.8 Å². The van der Waals surface area contributed by atoms with E-state index in [1.54, 1.807) is 103 Å². The van der Waals surface area contributed by atoms with Gasteiger partial charge in [0.1, 0.15) is 12.7 Å². The van der Waals surface area contributed by atoms with Gasteiger partial charge in [-0.1, -0.05) is 91.0 Å². The summed E-state index contributed by atoms with van der Waals surface area (Å²) in [5.41, 5.74) is 0.762. The topological polar surface area (TPSA) is 141 Å². The Morgan fingerprint density at radius 3 is 1.08 bits per heavy atom. The molecule has 5 aromatic carbocycles. The second-order valence-electron chi connectivity index (χ2n) is 11.5.